The van der Waals surface area contributed by atoms with Crippen LogP contribution in [0.4, 0.5) is 0 Å². The number of amides is 1. The zero-order valence-corrected chi connectivity index (χ0v) is 12.7. The van der Waals surface area contributed by atoms with Gasteiger partial charge in [-0.3, -0.25) is 4.79 Å². The Kier molecular flexibility index (Phi) is 3.93. The number of nitriles is 1. The normalized spacial score (nSPS) is 26.8. The van der Waals surface area contributed by atoms with Crippen LogP contribution in [-0.4, -0.2) is 24.7 Å². The van der Waals surface area contributed by atoms with E-state index in [1.807, 2.05) is 0 Å². The standard InChI is InChI=1S/C17H20N2O3/c1-12-4-3-7-17(10-12,11-18)19-16(20)13-5-2-6-14-15(13)22-9-8-21-14/h2,5-6,12H,3-4,7-10H2,1H3,(H,19,20)/t12-,17+/m0/s1. The maximum Gasteiger partial charge on any atom is 0.256 e. The van der Waals surface area contributed by atoms with Crippen LogP contribution in [0.15, 0.2) is 18.2 Å². The van der Waals surface area contributed by atoms with Crippen molar-refractivity contribution in [3.63, 3.8) is 0 Å². The lowest BCUT2D eigenvalue weighted by molar-refractivity contribution is 0.0880. The van der Waals surface area contributed by atoms with E-state index in [9.17, 15) is 10.1 Å². The molecule has 1 aliphatic carbocycles. The molecule has 0 unspecified atom stereocenters. The average Bonchev–Trinajstić information content (AvgIpc) is 2.54. The number of fused-ring (bicyclic) bond motifs is 1. The van der Waals surface area contributed by atoms with Crippen LogP contribution in [0, 0.1) is 17.2 Å². The van der Waals surface area contributed by atoms with Crippen molar-refractivity contribution in [1.82, 2.24) is 5.32 Å². The first-order chi connectivity index (χ1) is 10.6. The van der Waals surface area contributed by atoms with Crippen LogP contribution < -0.4 is 14.8 Å². The van der Waals surface area contributed by atoms with Crippen LogP contribution in [-0.2, 0) is 0 Å². The summed E-state index contributed by atoms with van der Waals surface area (Å²) in [6, 6.07) is 7.59. The Hall–Kier alpha value is -2.22. The van der Waals surface area contributed by atoms with Gasteiger partial charge in [-0.05, 0) is 37.3 Å². The van der Waals surface area contributed by atoms with Gasteiger partial charge in [-0.1, -0.05) is 19.4 Å². The summed E-state index contributed by atoms with van der Waals surface area (Å²) in [6.07, 6.45) is 3.46. The van der Waals surface area contributed by atoms with Crippen LogP contribution in [0.5, 0.6) is 11.5 Å². The van der Waals surface area contributed by atoms with E-state index >= 15 is 0 Å². The lowest BCUT2D eigenvalue weighted by Crippen LogP contribution is -2.50. The second kappa shape index (κ2) is 5.88. The predicted molar refractivity (Wildman–Crippen MR) is 80.9 cm³/mol. The first-order valence-corrected chi connectivity index (χ1v) is 7.76. The molecule has 1 aromatic rings. The first-order valence-electron chi connectivity index (χ1n) is 7.76. The topological polar surface area (TPSA) is 71.4 Å². The molecule has 22 heavy (non-hydrogen) atoms. The fourth-order valence-electron chi connectivity index (χ4n) is 3.33. The van der Waals surface area contributed by atoms with E-state index in [0.717, 1.165) is 12.8 Å². The zero-order valence-electron chi connectivity index (χ0n) is 12.7. The summed E-state index contributed by atoms with van der Waals surface area (Å²) >= 11 is 0. The summed E-state index contributed by atoms with van der Waals surface area (Å²) in [5.41, 5.74) is -0.336. The minimum atomic E-state index is -0.771. The third-order valence-electron chi connectivity index (χ3n) is 4.38. The highest BCUT2D eigenvalue weighted by Gasteiger charge is 2.37. The molecule has 1 saturated carbocycles. The minimum Gasteiger partial charge on any atom is -0.486 e. The van der Waals surface area contributed by atoms with E-state index < -0.39 is 5.54 Å². The van der Waals surface area contributed by atoms with Crippen LogP contribution in [0.3, 0.4) is 0 Å². The molecule has 5 heteroatoms. The molecule has 0 aromatic heterocycles. The van der Waals surface area contributed by atoms with Gasteiger partial charge in [0.05, 0.1) is 11.6 Å². The molecule has 2 aliphatic rings. The number of ether oxygens (including phenoxy) is 2. The van der Waals surface area contributed by atoms with Crippen molar-refractivity contribution in [3.8, 4) is 17.6 Å². The Balaban J connectivity index is 1.84. The summed E-state index contributed by atoms with van der Waals surface area (Å²) in [5.74, 6) is 1.24. The van der Waals surface area contributed by atoms with Crippen molar-refractivity contribution in [2.75, 3.05) is 13.2 Å². The van der Waals surface area contributed by atoms with Gasteiger partial charge in [0, 0.05) is 0 Å². The van der Waals surface area contributed by atoms with Gasteiger partial charge in [0.1, 0.15) is 18.8 Å². The number of rotatable bonds is 2. The molecule has 1 N–H and O–H groups in total. The van der Waals surface area contributed by atoms with Crippen LogP contribution in [0.25, 0.3) is 0 Å². The Morgan fingerprint density at radius 3 is 3.00 bits per heavy atom. The molecular weight excluding hydrogens is 280 g/mol. The summed E-state index contributed by atoms with van der Waals surface area (Å²) in [6.45, 7) is 3.04. The number of benzene rings is 1. The molecule has 0 bridgehead atoms. The fourth-order valence-corrected chi connectivity index (χ4v) is 3.33. The lowest BCUT2D eigenvalue weighted by Gasteiger charge is -2.35. The Morgan fingerprint density at radius 2 is 2.23 bits per heavy atom. The lowest BCUT2D eigenvalue weighted by atomic mass is 9.77. The van der Waals surface area contributed by atoms with Crippen LogP contribution in [0.1, 0.15) is 43.0 Å². The van der Waals surface area contributed by atoms with Crippen molar-refractivity contribution in [1.29, 1.82) is 5.26 Å². The number of hydrogen-bond donors (Lipinski definition) is 1. The largest absolute Gasteiger partial charge is 0.486 e. The number of hydrogen-bond acceptors (Lipinski definition) is 4. The molecule has 1 aromatic carbocycles. The highest BCUT2D eigenvalue weighted by atomic mass is 16.6. The van der Waals surface area contributed by atoms with E-state index in [2.05, 4.69) is 18.3 Å². The van der Waals surface area contributed by atoms with Crippen LogP contribution in [0.2, 0.25) is 0 Å². The Morgan fingerprint density at radius 1 is 1.41 bits per heavy atom. The molecule has 1 aliphatic heterocycles. The molecule has 116 valence electrons. The summed E-state index contributed by atoms with van der Waals surface area (Å²) in [4.78, 5) is 12.7. The third-order valence-corrected chi connectivity index (χ3v) is 4.38. The fraction of sp³-hybridized carbons (Fsp3) is 0.529. The van der Waals surface area contributed by atoms with Crippen molar-refractivity contribution in [2.45, 2.75) is 38.1 Å². The maximum absolute atomic E-state index is 12.7. The second-order valence-corrected chi connectivity index (χ2v) is 6.18. The van der Waals surface area contributed by atoms with Crippen molar-refractivity contribution >= 4 is 5.91 Å². The first kappa shape index (κ1) is 14.7. The highest BCUT2D eigenvalue weighted by molar-refractivity contribution is 5.98. The van der Waals surface area contributed by atoms with E-state index in [0.29, 0.717) is 49.0 Å². The van der Waals surface area contributed by atoms with E-state index in [-0.39, 0.29) is 5.91 Å². The van der Waals surface area contributed by atoms with Crippen molar-refractivity contribution in [2.24, 2.45) is 5.92 Å². The van der Waals surface area contributed by atoms with Gasteiger partial charge in [-0.25, -0.2) is 0 Å². The predicted octanol–water partition coefficient (Wildman–Crippen LogP) is 2.66. The monoisotopic (exact) mass is 300 g/mol. The molecule has 0 spiro atoms. The maximum atomic E-state index is 12.7. The Bertz CT molecular complexity index is 623. The van der Waals surface area contributed by atoms with Gasteiger partial charge in [0.25, 0.3) is 5.91 Å². The molecule has 3 rings (SSSR count). The molecule has 5 nitrogen and oxygen atoms in total. The van der Waals surface area contributed by atoms with E-state index in [1.165, 1.54) is 0 Å². The Labute approximate surface area is 130 Å². The second-order valence-electron chi connectivity index (χ2n) is 6.18. The molecule has 1 fully saturated rings. The van der Waals surface area contributed by atoms with Gasteiger partial charge in [-0.2, -0.15) is 5.26 Å². The smallest absolute Gasteiger partial charge is 0.256 e. The number of nitrogens with zero attached hydrogens (tertiary/aromatic N) is 1. The summed E-state index contributed by atoms with van der Waals surface area (Å²) < 4.78 is 11.1. The molecule has 0 saturated heterocycles. The van der Waals surface area contributed by atoms with Gasteiger partial charge < -0.3 is 14.8 Å². The molecule has 2 atom stereocenters. The molecule has 1 amide bonds. The van der Waals surface area contributed by atoms with E-state index in [4.69, 9.17) is 9.47 Å². The number of nitrogens with one attached hydrogen (secondary N) is 1. The quantitative estimate of drug-likeness (QED) is 0.911. The van der Waals surface area contributed by atoms with Crippen molar-refractivity contribution < 1.29 is 14.3 Å². The number of para-hydroxylation sites is 1. The number of carbonyl (C=O) groups is 1. The molecule has 0 radical (unpaired) electrons. The number of carbonyl (C=O) groups excluding carboxylic acids is 1. The summed E-state index contributed by atoms with van der Waals surface area (Å²) in [5, 5.41) is 12.5. The average molecular weight is 300 g/mol. The van der Waals surface area contributed by atoms with Crippen molar-refractivity contribution in [3.05, 3.63) is 23.8 Å². The summed E-state index contributed by atoms with van der Waals surface area (Å²) in [7, 11) is 0. The van der Waals surface area contributed by atoms with Gasteiger partial charge >= 0.3 is 0 Å². The molecule has 1 heterocycles. The van der Waals surface area contributed by atoms with E-state index in [1.54, 1.807) is 18.2 Å². The molecular formula is C17H20N2O3. The van der Waals surface area contributed by atoms with Gasteiger partial charge in [-0.15, -0.1) is 0 Å². The SMILES string of the molecule is C[C@H]1CCC[C@@](C#N)(NC(=O)c2cccc3c2OCCO3)C1. The van der Waals surface area contributed by atoms with Crippen LogP contribution >= 0.6 is 0 Å². The third kappa shape index (κ3) is 2.74. The minimum absolute atomic E-state index is 0.266. The van der Waals surface area contributed by atoms with Gasteiger partial charge in [0.15, 0.2) is 11.5 Å². The highest BCUT2D eigenvalue weighted by Crippen LogP contribution is 2.35. The van der Waals surface area contributed by atoms with Gasteiger partial charge in [0.2, 0.25) is 0 Å². The zero-order chi connectivity index (χ0) is 15.6.